The molecule has 0 aromatic heterocycles. The monoisotopic (exact) mass is 419 g/mol. The number of ether oxygens (including phenoxy) is 1. The Kier molecular flexibility index (Phi) is 5.66. The van der Waals surface area contributed by atoms with Crippen molar-refractivity contribution in [3.05, 3.63) is 64.7 Å². The van der Waals surface area contributed by atoms with Crippen LogP contribution in [0.4, 0.5) is 4.79 Å². The molecular formula is C24H25N3O4. The van der Waals surface area contributed by atoms with E-state index in [-0.39, 0.29) is 19.1 Å². The quantitative estimate of drug-likeness (QED) is 0.671. The van der Waals surface area contributed by atoms with Crippen LogP contribution in [0.5, 0.6) is 5.75 Å². The van der Waals surface area contributed by atoms with Crippen LogP contribution in [0.1, 0.15) is 35.6 Å². The van der Waals surface area contributed by atoms with E-state index in [1.807, 2.05) is 18.2 Å². The van der Waals surface area contributed by atoms with Crippen molar-refractivity contribution in [1.82, 2.24) is 10.2 Å². The molecule has 0 unspecified atom stereocenters. The molecule has 0 spiro atoms. The zero-order chi connectivity index (χ0) is 22.0. The minimum Gasteiger partial charge on any atom is -0.491 e. The first-order chi connectivity index (χ1) is 14.9. The van der Waals surface area contributed by atoms with Gasteiger partial charge in [0, 0.05) is 0 Å². The van der Waals surface area contributed by atoms with Gasteiger partial charge in [0.25, 0.3) is 5.91 Å². The molecule has 1 aliphatic carbocycles. The zero-order valence-electron chi connectivity index (χ0n) is 17.4. The molecular weight excluding hydrogens is 394 g/mol. The highest BCUT2D eigenvalue weighted by Gasteiger charge is 2.49. The molecule has 1 fully saturated rings. The summed E-state index contributed by atoms with van der Waals surface area (Å²) in [5.74, 6) is 0.163. The first-order valence-corrected chi connectivity index (χ1v) is 10.4. The number of urea groups is 1. The largest absolute Gasteiger partial charge is 0.491 e. The number of benzene rings is 2. The summed E-state index contributed by atoms with van der Waals surface area (Å²) in [5, 5.41) is 21.9. The van der Waals surface area contributed by atoms with Crippen LogP contribution < -0.4 is 10.1 Å². The molecule has 7 heteroatoms. The molecule has 0 radical (unpaired) electrons. The second-order valence-electron chi connectivity index (χ2n) is 8.25. The number of aliphatic hydroxyl groups is 1. The van der Waals surface area contributed by atoms with Crippen molar-refractivity contribution in [3.63, 3.8) is 0 Å². The zero-order valence-corrected chi connectivity index (χ0v) is 17.4. The summed E-state index contributed by atoms with van der Waals surface area (Å²) in [6.07, 6.45) is 2.42. The number of nitrogens with zero attached hydrogens (tertiary/aromatic N) is 2. The summed E-state index contributed by atoms with van der Waals surface area (Å²) >= 11 is 0. The molecule has 2 N–H and O–H groups in total. The van der Waals surface area contributed by atoms with Crippen LogP contribution in [0.25, 0.3) is 0 Å². The molecule has 3 amide bonds. The molecule has 0 bridgehead atoms. The number of aryl methyl sites for hydroxylation is 2. The summed E-state index contributed by atoms with van der Waals surface area (Å²) in [6, 6.07) is 14.5. The van der Waals surface area contributed by atoms with Crippen LogP contribution in [0.2, 0.25) is 0 Å². The van der Waals surface area contributed by atoms with Gasteiger partial charge in [-0.05, 0) is 60.6 Å². The normalized spacial score (nSPS) is 20.9. The lowest BCUT2D eigenvalue weighted by atomic mass is 9.89. The number of imide groups is 1. The van der Waals surface area contributed by atoms with Gasteiger partial charge in [0.15, 0.2) is 0 Å². The van der Waals surface area contributed by atoms with Crippen LogP contribution in [0, 0.1) is 11.3 Å². The maximum Gasteiger partial charge on any atom is 0.325 e. The van der Waals surface area contributed by atoms with Gasteiger partial charge >= 0.3 is 6.03 Å². The van der Waals surface area contributed by atoms with E-state index in [9.17, 15) is 14.7 Å². The van der Waals surface area contributed by atoms with Crippen molar-refractivity contribution in [2.24, 2.45) is 0 Å². The van der Waals surface area contributed by atoms with Crippen LogP contribution in [0.15, 0.2) is 42.5 Å². The number of amides is 3. The number of nitriles is 1. The van der Waals surface area contributed by atoms with Gasteiger partial charge in [0.05, 0.1) is 19.0 Å². The highest BCUT2D eigenvalue weighted by atomic mass is 16.5. The predicted molar refractivity (Wildman–Crippen MR) is 113 cm³/mol. The van der Waals surface area contributed by atoms with E-state index in [4.69, 9.17) is 10.00 Å². The second-order valence-corrected chi connectivity index (χ2v) is 8.25. The molecule has 0 saturated carbocycles. The van der Waals surface area contributed by atoms with Crippen LogP contribution in [0.3, 0.4) is 0 Å². The second kappa shape index (κ2) is 8.40. The van der Waals surface area contributed by atoms with E-state index < -0.39 is 17.7 Å². The number of hydrogen-bond donors (Lipinski definition) is 2. The summed E-state index contributed by atoms with van der Waals surface area (Å²) in [4.78, 5) is 26.7. The molecule has 2 aromatic rings. The van der Waals surface area contributed by atoms with Crippen LogP contribution in [-0.2, 0) is 29.6 Å². The Morgan fingerprint density at radius 1 is 1.19 bits per heavy atom. The Labute approximate surface area is 181 Å². The smallest absolute Gasteiger partial charge is 0.325 e. The minimum absolute atomic E-state index is 0.0653. The first kappa shape index (κ1) is 20.9. The van der Waals surface area contributed by atoms with Gasteiger partial charge in [-0.2, -0.15) is 5.26 Å². The summed E-state index contributed by atoms with van der Waals surface area (Å²) < 4.78 is 5.57. The third-order valence-corrected chi connectivity index (χ3v) is 5.99. The molecule has 160 valence electrons. The van der Waals surface area contributed by atoms with Crippen molar-refractivity contribution in [2.75, 3.05) is 13.2 Å². The van der Waals surface area contributed by atoms with Gasteiger partial charge in [-0.3, -0.25) is 9.69 Å². The topological polar surface area (TPSA) is 103 Å². The molecule has 1 saturated heterocycles. The molecule has 2 aromatic carbocycles. The highest BCUT2D eigenvalue weighted by molar-refractivity contribution is 6.07. The number of hydrogen-bond acceptors (Lipinski definition) is 5. The van der Waals surface area contributed by atoms with Gasteiger partial charge in [-0.1, -0.05) is 30.3 Å². The molecule has 4 rings (SSSR count). The fourth-order valence-corrected chi connectivity index (χ4v) is 4.19. The first-order valence-electron chi connectivity index (χ1n) is 10.4. The van der Waals surface area contributed by atoms with E-state index in [1.165, 1.54) is 11.1 Å². The van der Waals surface area contributed by atoms with Gasteiger partial charge in [-0.25, -0.2) is 4.79 Å². The number of fused-ring (bicyclic) bond motifs is 1. The van der Waals surface area contributed by atoms with Crippen molar-refractivity contribution >= 4 is 11.9 Å². The van der Waals surface area contributed by atoms with E-state index in [0.29, 0.717) is 12.2 Å². The number of nitrogens with one attached hydrogen (secondary N) is 1. The number of β-amino-alcohol motifs (C(OH)–C–C–N with tert-alkyl or cyclic N) is 1. The summed E-state index contributed by atoms with van der Waals surface area (Å²) in [5.41, 5.74) is 3.02. The van der Waals surface area contributed by atoms with Gasteiger partial charge in [-0.15, -0.1) is 0 Å². The number of aliphatic hydroxyl groups excluding tert-OH is 1. The highest BCUT2D eigenvalue weighted by Crippen LogP contribution is 2.32. The SMILES string of the molecule is C[C@]1(c2ccc3c(c2)CCC3)NC(=O)N(C[C@H](O)COc2ccc(CC#N)cc2)C1=O. The average Bonchev–Trinajstić information content (AvgIpc) is 3.32. The lowest BCUT2D eigenvalue weighted by molar-refractivity contribution is -0.132. The fraction of sp³-hybridized carbons (Fsp3) is 0.375. The van der Waals surface area contributed by atoms with Crippen molar-refractivity contribution in [1.29, 1.82) is 5.26 Å². The summed E-state index contributed by atoms with van der Waals surface area (Å²) in [7, 11) is 0. The lowest BCUT2D eigenvalue weighted by Gasteiger charge is -2.24. The van der Waals surface area contributed by atoms with Gasteiger partial charge in [0.1, 0.15) is 24.0 Å². The van der Waals surface area contributed by atoms with E-state index in [1.54, 1.807) is 31.2 Å². The molecule has 2 aliphatic rings. The third-order valence-electron chi connectivity index (χ3n) is 5.99. The van der Waals surface area contributed by atoms with E-state index in [0.717, 1.165) is 35.3 Å². The number of rotatable bonds is 7. The van der Waals surface area contributed by atoms with Crippen molar-refractivity contribution in [3.8, 4) is 11.8 Å². The number of carbonyl (C=O) groups is 2. The summed E-state index contributed by atoms with van der Waals surface area (Å²) in [6.45, 7) is 1.48. The van der Waals surface area contributed by atoms with Crippen LogP contribution in [-0.4, -0.2) is 41.2 Å². The lowest BCUT2D eigenvalue weighted by Crippen LogP contribution is -2.42. The van der Waals surface area contributed by atoms with Gasteiger partial charge in [0.2, 0.25) is 0 Å². The van der Waals surface area contributed by atoms with E-state index >= 15 is 0 Å². The Hall–Kier alpha value is -3.37. The average molecular weight is 419 g/mol. The molecule has 31 heavy (non-hydrogen) atoms. The fourth-order valence-electron chi connectivity index (χ4n) is 4.19. The Morgan fingerprint density at radius 3 is 2.68 bits per heavy atom. The molecule has 2 atom stereocenters. The maximum absolute atomic E-state index is 13.1. The minimum atomic E-state index is -1.15. The van der Waals surface area contributed by atoms with Gasteiger partial charge < -0.3 is 15.2 Å². The molecule has 1 heterocycles. The Bertz CT molecular complexity index is 1040. The van der Waals surface area contributed by atoms with Crippen molar-refractivity contribution in [2.45, 2.75) is 44.2 Å². The molecule has 1 aliphatic heterocycles. The molecule has 7 nitrogen and oxygen atoms in total. The van der Waals surface area contributed by atoms with E-state index in [2.05, 4.69) is 11.4 Å². The predicted octanol–water partition coefficient (Wildman–Crippen LogP) is 2.45. The van der Waals surface area contributed by atoms with Crippen LogP contribution >= 0.6 is 0 Å². The Morgan fingerprint density at radius 2 is 1.94 bits per heavy atom. The third kappa shape index (κ3) is 4.12. The maximum atomic E-state index is 13.1. The Balaban J connectivity index is 1.39. The van der Waals surface area contributed by atoms with Crippen molar-refractivity contribution < 1.29 is 19.4 Å². The number of carbonyl (C=O) groups excluding carboxylic acids is 2. The standard InChI is InChI=1S/C24H25N3O4/c1-24(19-8-7-17-3-2-4-18(17)13-19)22(29)27(23(30)26-24)14-20(28)15-31-21-9-5-16(6-10-21)11-12-25/h5-10,13,20,28H,2-4,11,14-15H2,1H3,(H,26,30)/t20-,24+/m0/s1.